The minimum atomic E-state index is -0.258. The molecule has 6 fully saturated rings. The van der Waals surface area contributed by atoms with Gasteiger partial charge in [-0.25, -0.2) is 0 Å². The molecule has 1 spiro atoms. The smallest absolute Gasteiger partial charge is 0.142 e. The highest BCUT2D eigenvalue weighted by atomic mass is 16.5. The van der Waals surface area contributed by atoms with Gasteiger partial charge in [-0.2, -0.15) is 0 Å². The molecule has 4 unspecified atom stereocenters. The molecule has 2 aliphatic heterocycles. The number of hydrogen-bond acceptors (Lipinski definition) is 2. The molecule has 0 aromatic carbocycles. The van der Waals surface area contributed by atoms with Gasteiger partial charge < -0.3 is 4.74 Å². The lowest BCUT2D eigenvalue weighted by Crippen LogP contribution is -2.75. The highest BCUT2D eigenvalue weighted by Crippen LogP contribution is 2.78. The van der Waals surface area contributed by atoms with E-state index in [4.69, 9.17) is 4.74 Å². The molecule has 2 nitrogen and oxygen atoms in total. The van der Waals surface area contributed by atoms with Gasteiger partial charge in [-0.05, 0) is 43.4 Å². The number of carbonyl (C=O) groups excluding carboxylic acids is 1. The number of fused-ring (bicyclic) bond motifs is 1. The van der Waals surface area contributed by atoms with Gasteiger partial charge in [0.05, 0.1) is 17.1 Å². The minimum absolute atomic E-state index is 0.0136. The van der Waals surface area contributed by atoms with Crippen LogP contribution in [0.5, 0.6) is 0 Å². The molecule has 4 aliphatic carbocycles. The summed E-state index contributed by atoms with van der Waals surface area (Å²) in [6.07, 6.45) is 15.6. The van der Waals surface area contributed by atoms with E-state index in [2.05, 4.69) is 26.5 Å². The zero-order chi connectivity index (χ0) is 17.5. The molecule has 0 amide bonds. The molecule has 4 bridgehead atoms. The lowest BCUT2D eigenvalue weighted by atomic mass is 9.41. The van der Waals surface area contributed by atoms with Crippen molar-refractivity contribution in [3.05, 3.63) is 12.7 Å². The molecule has 6 rings (SSSR count). The second-order valence-electron chi connectivity index (χ2n) is 10.4. The van der Waals surface area contributed by atoms with Crippen LogP contribution in [-0.2, 0) is 9.53 Å². The lowest BCUT2D eigenvalue weighted by Gasteiger charge is -2.70. The molecule has 0 aromatic heterocycles. The lowest BCUT2D eigenvalue weighted by molar-refractivity contribution is -0.316. The quantitative estimate of drug-likeness (QED) is 0.623. The first-order valence-electron chi connectivity index (χ1n) is 10.8. The van der Waals surface area contributed by atoms with E-state index in [-0.39, 0.29) is 27.9 Å². The topological polar surface area (TPSA) is 26.3 Å². The van der Waals surface area contributed by atoms with E-state index >= 15 is 0 Å². The Morgan fingerprint density at radius 1 is 1.08 bits per heavy atom. The molecular weight excluding hydrogens is 308 g/mol. The molecule has 6 aliphatic rings. The van der Waals surface area contributed by atoms with Crippen LogP contribution in [0.25, 0.3) is 0 Å². The summed E-state index contributed by atoms with van der Waals surface area (Å²) < 4.78 is 7.16. The number of rotatable bonds is 2. The molecule has 4 saturated carbocycles. The van der Waals surface area contributed by atoms with Gasteiger partial charge in [0.25, 0.3) is 0 Å². The summed E-state index contributed by atoms with van der Waals surface area (Å²) in [7, 11) is 0. The van der Waals surface area contributed by atoms with Crippen LogP contribution >= 0.6 is 0 Å². The summed E-state index contributed by atoms with van der Waals surface area (Å²) >= 11 is 0. The molecule has 0 N–H and O–H groups in total. The fraction of sp³-hybridized carbons (Fsp3) is 0.870. The predicted molar refractivity (Wildman–Crippen MR) is 99.2 cm³/mol. The van der Waals surface area contributed by atoms with Crippen molar-refractivity contribution in [2.45, 2.75) is 95.7 Å². The highest BCUT2D eigenvalue weighted by molar-refractivity contribution is 5.88. The summed E-state index contributed by atoms with van der Waals surface area (Å²) in [5.41, 5.74) is -0.416. The average molecular weight is 343 g/mol. The summed E-state index contributed by atoms with van der Waals surface area (Å²) in [6, 6.07) is 0. The molecule has 6 atom stereocenters. The number of carbonyl (C=O) groups is 1. The fourth-order valence-electron chi connectivity index (χ4n) is 8.87. The van der Waals surface area contributed by atoms with E-state index in [0.29, 0.717) is 18.1 Å². The molecule has 0 aromatic rings. The third-order valence-electron chi connectivity index (χ3n) is 9.59. The van der Waals surface area contributed by atoms with Gasteiger partial charge in [0, 0.05) is 11.8 Å². The molecule has 138 valence electrons. The Kier molecular flexibility index (Phi) is 3.31. The van der Waals surface area contributed by atoms with Gasteiger partial charge in [0.1, 0.15) is 5.78 Å². The Bertz CT molecular complexity index is 620. The Balaban J connectivity index is 1.67. The highest BCUT2D eigenvalue weighted by Gasteiger charge is 2.81. The molecule has 2 saturated heterocycles. The van der Waals surface area contributed by atoms with Crippen LogP contribution in [0, 0.1) is 28.6 Å². The van der Waals surface area contributed by atoms with Gasteiger partial charge in [-0.15, -0.1) is 6.58 Å². The van der Waals surface area contributed by atoms with Gasteiger partial charge in [-0.3, -0.25) is 4.79 Å². The largest absolute Gasteiger partial charge is 0.366 e. The van der Waals surface area contributed by atoms with Crippen molar-refractivity contribution in [3.8, 4) is 0 Å². The second kappa shape index (κ2) is 5.00. The number of ketones is 1. The first kappa shape index (κ1) is 16.5. The Hall–Kier alpha value is -0.630. The third-order valence-corrected chi connectivity index (χ3v) is 9.59. The second-order valence-corrected chi connectivity index (χ2v) is 10.4. The number of Topliss-reactive ketones (excluding diaryl/α,β-unsaturated/α-hetero) is 1. The number of ether oxygens (including phenoxy) is 1. The molecule has 0 radical (unpaired) electrons. The van der Waals surface area contributed by atoms with Crippen molar-refractivity contribution in [1.82, 2.24) is 0 Å². The summed E-state index contributed by atoms with van der Waals surface area (Å²) in [5, 5.41) is 0. The van der Waals surface area contributed by atoms with Crippen LogP contribution in [-0.4, -0.2) is 17.0 Å². The van der Waals surface area contributed by atoms with Crippen LogP contribution in [0.4, 0.5) is 0 Å². The van der Waals surface area contributed by atoms with Crippen molar-refractivity contribution in [2.24, 2.45) is 28.6 Å². The average Bonchev–Trinajstić information content (AvgIpc) is 2.81. The molecular formula is C23H34O2. The van der Waals surface area contributed by atoms with Crippen molar-refractivity contribution in [2.75, 3.05) is 0 Å². The Morgan fingerprint density at radius 2 is 1.80 bits per heavy atom. The SMILES string of the molecule is C=CC12CCCCC13CC(=O)C1C(C)(O3)[C@@H](C3CCCCC3)C[C@]12C. The minimum Gasteiger partial charge on any atom is -0.366 e. The maximum atomic E-state index is 13.3. The zero-order valence-corrected chi connectivity index (χ0v) is 16.1. The van der Waals surface area contributed by atoms with Crippen LogP contribution in [0.3, 0.4) is 0 Å². The van der Waals surface area contributed by atoms with Crippen LogP contribution in [0.1, 0.15) is 84.5 Å². The van der Waals surface area contributed by atoms with E-state index in [1.165, 1.54) is 57.8 Å². The van der Waals surface area contributed by atoms with Gasteiger partial charge >= 0.3 is 0 Å². The van der Waals surface area contributed by atoms with Crippen molar-refractivity contribution in [1.29, 1.82) is 0 Å². The predicted octanol–water partition coefficient (Wildman–Crippen LogP) is 5.46. The molecule has 2 heterocycles. The standard InChI is InChI=1S/C23H34O2/c1-4-22-12-8-9-13-23(22)15-18(24)19-20(22,2)14-17(21(19,3)25-23)16-10-6-5-7-11-16/h4,16-17,19H,1,5-15H2,2-3H3/t17-,19?,20-,21?,22?,23?/m1/s1. The van der Waals surface area contributed by atoms with E-state index in [1.807, 2.05) is 0 Å². The van der Waals surface area contributed by atoms with Crippen LogP contribution < -0.4 is 0 Å². The van der Waals surface area contributed by atoms with Crippen molar-refractivity contribution >= 4 is 5.78 Å². The van der Waals surface area contributed by atoms with E-state index in [1.54, 1.807) is 0 Å². The zero-order valence-electron chi connectivity index (χ0n) is 16.1. The maximum absolute atomic E-state index is 13.3. The fourth-order valence-corrected chi connectivity index (χ4v) is 8.87. The van der Waals surface area contributed by atoms with Gasteiger partial charge in [0.2, 0.25) is 0 Å². The van der Waals surface area contributed by atoms with Crippen LogP contribution in [0.2, 0.25) is 0 Å². The summed E-state index contributed by atoms with van der Waals surface area (Å²) in [6.45, 7) is 9.10. The first-order valence-corrected chi connectivity index (χ1v) is 10.8. The Morgan fingerprint density at radius 3 is 2.52 bits per heavy atom. The normalized spacial score (nSPS) is 55.2. The summed E-state index contributed by atoms with van der Waals surface area (Å²) in [5.74, 6) is 1.92. The molecule has 25 heavy (non-hydrogen) atoms. The van der Waals surface area contributed by atoms with Crippen molar-refractivity contribution in [3.63, 3.8) is 0 Å². The maximum Gasteiger partial charge on any atom is 0.142 e. The van der Waals surface area contributed by atoms with Crippen LogP contribution in [0.15, 0.2) is 12.7 Å². The summed E-state index contributed by atoms with van der Waals surface area (Å²) in [4.78, 5) is 13.3. The van der Waals surface area contributed by atoms with E-state index < -0.39 is 0 Å². The number of hydrogen-bond donors (Lipinski definition) is 0. The third kappa shape index (κ3) is 1.69. The van der Waals surface area contributed by atoms with Gasteiger partial charge in [-0.1, -0.05) is 57.9 Å². The van der Waals surface area contributed by atoms with E-state index in [9.17, 15) is 4.79 Å². The van der Waals surface area contributed by atoms with Gasteiger partial charge in [0.15, 0.2) is 0 Å². The Labute approximate surface area is 152 Å². The molecule has 2 heteroatoms. The monoisotopic (exact) mass is 342 g/mol. The van der Waals surface area contributed by atoms with Crippen molar-refractivity contribution < 1.29 is 9.53 Å². The van der Waals surface area contributed by atoms with E-state index in [0.717, 1.165) is 12.3 Å². The first-order chi connectivity index (χ1) is 11.9.